The molecule has 1 aromatic heterocycles. The van der Waals surface area contributed by atoms with Crippen LogP contribution in [-0.4, -0.2) is 40.2 Å². The lowest BCUT2D eigenvalue weighted by Gasteiger charge is -2.16. The molecule has 0 atom stereocenters. The van der Waals surface area contributed by atoms with Crippen LogP contribution in [0.1, 0.15) is 25.5 Å². The number of amides is 1. The van der Waals surface area contributed by atoms with Crippen LogP contribution < -0.4 is 11.1 Å². The van der Waals surface area contributed by atoms with Crippen LogP contribution in [0.3, 0.4) is 0 Å². The van der Waals surface area contributed by atoms with E-state index in [-0.39, 0.29) is 12.5 Å². The zero-order valence-electron chi connectivity index (χ0n) is 11.1. The van der Waals surface area contributed by atoms with Crippen molar-refractivity contribution < 1.29 is 4.79 Å². The summed E-state index contributed by atoms with van der Waals surface area (Å²) in [5, 5.41) is 7.41. The Balaban J connectivity index is 1.97. The van der Waals surface area contributed by atoms with Gasteiger partial charge in [0.1, 0.15) is 5.82 Å². The number of nitrogens with two attached hydrogens (primary N) is 1. The highest BCUT2D eigenvalue weighted by Crippen LogP contribution is 2.22. The highest BCUT2D eigenvalue weighted by atomic mass is 16.2. The Morgan fingerprint density at radius 2 is 2.11 bits per heavy atom. The molecular weight excluding hydrogens is 230 g/mol. The Labute approximate surface area is 107 Å². The minimum Gasteiger partial charge on any atom is -0.394 e. The van der Waals surface area contributed by atoms with Crippen molar-refractivity contribution in [2.45, 2.75) is 26.2 Å². The van der Waals surface area contributed by atoms with E-state index in [4.69, 9.17) is 5.73 Å². The summed E-state index contributed by atoms with van der Waals surface area (Å²) < 4.78 is 1.70. The summed E-state index contributed by atoms with van der Waals surface area (Å²) in [6.45, 7) is 4.05. The number of hydrogen-bond donors (Lipinski definition) is 2. The highest BCUT2D eigenvalue weighted by molar-refractivity contribution is 5.82. The molecule has 0 radical (unpaired) electrons. The van der Waals surface area contributed by atoms with Crippen molar-refractivity contribution in [1.29, 1.82) is 0 Å². The van der Waals surface area contributed by atoms with Gasteiger partial charge in [0.15, 0.2) is 0 Å². The zero-order valence-corrected chi connectivity index (χ0v) is 11.1. The van der Waals surface area contributed by atoms with Gasteiger partial charge >= 0.3 is 0 Å². The van der Waals surface area contributed by atoms with Crippen LogP contribution in [0.2, 0.25) is 0 Å². The molecule has 1 aliphatic heterocycles. The lowest BCUT2D eigenvalue weighted by atomic mass is 10.3. The van der Waals surface area contributed by atoms with Gasteiger partial charge in [-0.1, -0.05) is 6.92 Å². The molecule has 0 aliphatic carbocycles. The lowest BCUT2D eigenvalue weighted by molar-refractivity contribution is -0.128. The van der Waals surface area contributed by atoms with Gasteiger partial charge in [-0.05, 0) is 19.3 Å². The van der Waals surface area contributed by atoms with E-state index in [2.05, 4.69) is 10.4 Å². The SMILES string of the molecule is CCc1nn(C)c(NCC(=O)N2CCCC2)c1N. The van der Waals surface area contributed by atoms with Crippen molar-refractivity contribution in [2.24, 2.45) is 7.05 Å². The second-order valence-corrected chi connectivity index (χ2v) is 4.63. The minimum absolute atomic E-state index is 0.131. The van der Waals surface area contributed by atoms with E-state index in [0.29, 0.717) is 5.69 Å². The topological polar surface area (TPSA) is 76.2 Å². The first-order chi connectivity index (χ1) is 8.63. The Morgan fingerprint density at radius 3 is 2.67 bits per heavy atom. The number of anilines is 2. The Hall–Kier alpha value is -1.72. The number of aryl methyl sites for hydroxylation is 2. The molecule has 1 amide bonds. The third kappa shape index (κ3) is 2.42. The van der Waals surface area contributed by atoms with E-state index in [0.717, 1.165) is 43.9 Å². The van der Waals surface area contributed by atoms with Gasteiger partial charge < -0.3 is 16.0 Å². The van der Waals surface area contributed by atoms with Gasteiger partial charge in [0.2, 0.25) is 5.91 Å². The minimum atomic E-state index is 0.131. The molecule has 1 saturated heterocycles. The van der Waals surface area contributed by atoms with Crippen molar-refractivity contribution in [3.05, 3.63) is 5.69 Å². The number of likely N-dealkylation sites (tertiary alicyclic amines) is 1. The summed E-state index contributed by atoms with van der Waals surface area (Å²) in [4.78, 5) is 13.8. The summed E-state index contributed by atoms with van der Waals surface area (Å²) in [6, 6.07) is 0. The maximum Gasteiger partial charge on any atom is 0.241 e. The molecule has 1 fully saturated rings. The summed E-state index contributed by atoms with van der Waals surface area (Å²) in [7, 11) is 1.83. The summed E-state index contributed by atoms with van der Waals surface area (Å²) >= 11 is 0. The second-order valence-electron chi connectivity index (χ2n) is 4.63. The highest BCUT2D eigenvalue weighted by Gasteiger charge is 2.19. The molecule has 2 rings (SSSR count). The van der Waals surface area contributed by atoms with Gasteiger partial charge in [0.25, 0.3) is 0 Å². The predicted molar refractivity (Wildman–Crippen MR) is 71.3 cm³/mol. The molecule has 18 heavy (non-hydrogen) atoms. The van der Waals surface area contributed by atoms with Crippen molar-refractivity contribution >= 4 is 17.4 Å². The quantitative estimate of drug-likeness (QED) is 0.821. The molecule has 3 N–H and O–H groups in total. The number of rotatable bonds is 4. The maximum atomic E-state index is 11.9. The van der Waals surface area contributed by atoms with Crippen LogP contribution in [0, 0.1) is 0 Å². The predicted octanol–water partition coefficient (Wildman–Crippen LogP) is 0.599. The monoisotopic (exact) mass is 251 g/mol. The standard InChI is InChI=1S/C12H21N5O/c1-3-9-11(13)12(16(2)15-9)14-8-10(18)17-6-4-5-7-17/h14H,3-8,13H2,1-2H3. The van der Waals surface area contributed by atoms with E-state index >= 15 is 0 Å². The van der Waals surface area contributed by atoms with Crippen molar-refractivity contribution in [1.82, 2.24) is 14.7 Å². The van der Waals surface area contributed by atoms with E-state index < -0.39 is 0 Å². The molecule has 100 valence electrons. The molecule has 1 aromatic rings. The fourth-order valence-electron chi connectivity index (χ4n) is 2.30. The van der Waals surface area contributed by atoms with Gasteiger partial charge in [-0.3, -0.25) is 9.48 Å². The molecule has 0 bridgehead atoms. The lowest BCUT2D eigenvalue weighted by Crippen LogP contribution is -2.33. The number of hydrogen-bond acceptors (Lipinski definition) is 4. The number of carbonyl (C=O) groups excluding carboxylic acids is 1. The number of nitrogens with zero attached hydrogens (tertiary/aromatic N) is 3. The number of nitrogen functional groups attached to an aromatic ring is 1. The third-order valence-corrected chi connectivity index (χ3v) is 3.36. The van der Waals surface area contributed by atoms with Crippen LogP contribution in [0.5, 0.6) is 0 Å². The van der Waals surface area contributed by atoms with Crippen LogP contribution >= 0.6 is 0 Å². The van der Waals surface area contributed by atoms with Crippen LogP contribution in [0.25, 0.3) is 0 Å². The van der Waals surface area contributed by atoms with Gasteiger partial charge in [0, 0.05) is 20.1 Å². The molecule has 0 saturated carbocycles. The second kappa shape index (κ2) is 5.29. The zero-order chi connectivity index (χ0) is 13.1. The molecule has 1 aliphatic rings. The van der Waals surface area contributed by atoms with Gasteiger partial charge in [-0.15, -0.1) is 0 Å². The van der Waals surface area contributed by atoms with Gasteiger partial charge in [-0.2, -0.15) is 5.10 Å². The molecule has 0 unspecified atom stereocenters. The summed E-state index contributed by atoms with van der Waals surface area (Å²) in [6.07, 6.45) is 3.01. The molecule has 2 heterocycles. The van der Waals surface area contributed by atoms with E-state index in [1.807, 2.05) is 18.9 Å². The summed E-state index contributed by atoms with van der Waals surface area (Å²) in [5.74, 6) is 0.866. The number of aromatic nitrogens is 2. The van der Waals surface area contributed by atoms with Crippen LogP contribution in [-0.2, 0) is 18.3 Å². The fraction of sp³-hybridized carbons (Fsp3) is 0.667. The molecular formula is C12H21N5O. The van der Waals surface area contributed by atoms with Crippen molar-refractivity contribution in [3.63, 3.8) is 0 Å². The van der Waals surface area contributed by atoms with Crippen molar-refractivity contribution in [3.8, 4) is 0 Å². The number of nitrogens with one attached hydrogen (secondary N) is 1. The molecule has 6 nitrogen and oxygen atoms in total. The van der Waals surface area contributed by atoms with Gasteiger partial charge in [0.05, 0.1) is 17.9 Å². The average molecular weight is 251 g/mol. The normalized spacial score (nSPS) is 15.1. The third-order valence-electron chi connectivity index (χ3n) is 3.36. The van der Waals surface area contributed by atoms with Gasteiger partial charge in [-0.25, -0.2) is 0 Å². The summed E-state index contributed by atoms with van der Waals surface area (Å²) in [5.41, 5.74) is 7.50. The Kier molecular flexibility index (Phi) is 3.74. The first kappa shape index (κ1) is 12.7. The van der Waals surface area contributed by atoms with E-state index in [1.54, 1.807) is 4.68 Å². The first-order valence-corrected chi connectivity index (χ1v) is 6.46. The molecule has 0 spiro atoms. The van der Waals surface area contributed by atoms with E-state index in [9.17, 15) is 4.79 Å². The number of carbonyl (C=O) groups is 1. The smallest absolute Gasteiger partial charge is 0.241 e. The Morgan fingerprint density at radius 1 is 1.44 bits per heavy atom. The van der Waals surface area contributed by atoms with Crippen LogP contribution in [0.4, 0.5) is 11.5 Å². The van der Waals surface area contributed by atoms with Crippen molar-refractivity contribution in [2.75, 3.05) is 30.7 Å². The maximum absolute atomic E-state index is 11.9. The van der Waals surface area contributed by atoms with E-state index in [1.165, 1.54) is 0 Å². The first-order valence-electron chi connectivity index (χ1n) is 6.46. The fourth-order valence-corrected chi connectivity index (χ4v) is 2.30. The average Bonchev–Trinajstić information content (AvgIpc) is 2.96. The Bertz CT molecular complexity index is 434. The molecule has 6 heteroatoms. The van der Waals surface area contributed by atoms with Crippen LogP contribution in [0.15, 0.2) is 0 Å². The molecule has 0 aromatic carbocycles. The largest absolute Gasteiger partial charge is 0.394 e.